The number of alkyl halides is 3. The van der Waals surface area contributed by atoms with E-state index in [9.17, 15) is 13.2 Å². The molecule has 0 fully saturated rings. The van der Waals surface area contributed by atoms with Crippen molar-refractivity contribution in [2.24, 2.45) is 0 Å². The Morgan fingerprint density at radius 2 is 2.00 bits per heavy atom. The van der Waals surface area contributed by atoms with Gasteiger partial charge in [-0.25, -0.2) is 3.11 Å². The van der Waals surface area contributed by atoms with Crippen LogP contribution in [0.3, 0.4) is 0 Å². The van der Waals surface area contributed by atoms with E-state index in [1.807, 2.05) is 3.11 Å². The summed E-state index contributed by atoms with van der Waals surface area (Å²) in [4.78, 5) is 0. The molecule has 0 N–H and O–H groups in total. The van der Waals surface area contributed by atoms with Crippen LogP contribution >= 0.6 is 22.9 Å². The third kappa shape index (κ3) is 2.28. The van der Waals surface area contributed by atoms with Crippen LogP contribution in [0.25, 0.3) is 0 Å². The number of hydrogen-bond donors (Lipinski definition) is 0. The highest BCUT2D eigenvalue weighted by atomic mass is 127. The predicted molar refractivity (Wildman–Crippen MR) is 59.6 cm³/mol. The van der Waals surface area contributed by atoms with E-state index in [0.717, 1.165) is 5.56 Å². The predicted octanol–water partition coefficient (Wildman–Crippen LogP) is 3.41. The van der Waals surface area contributed by atoms with Gasteiger partial charge in [0.25, 0.3) is 0 Å². The summed E-state index contributed by atoms with van der Waals surface area (Å²) in [6.45, 7) is 1.28. The van der Waals surface area contributed by atoms with Crippen molar-refractivity contribution in [1.82, 2.24) is 3.11 Å². The van der Waals surface area contributed by atoms with Crippen molar-refractivity contribution in [2.45, 2.75) is 19.1 Å². The van der Waals surface area contributed by atoms with Crippen molar-refractivity contribution >= 4 is 22.9 Å². The number of nitrogens with zero attached hydrogens (tertiary/aromatic N) is 1. The highest BCUT2D eigenvalue weighted by Crippen LogP contribution is 2.35. The summed E-state index contributed by atoms with van der Waals surface area (Å²) in [5, 5.41) is 0. The van der Waals surface area contributed by atoms with Gasteiger partial charge in [0.15, 0.2) is 0 Å². The van der Waals surface area contributed by atoms with Crippen molar-refractivity contribution in [3.63, 3.8) is 0 Å². The van der Waals surface area contributed by atoms with Gasteiger partial charge in [-0.05, 0) is 23.6 Å². The Kier molecular flexibility index (Phi) is 2.94. The fourth-order valence-corrected chi connectivity index (χ4v) is 2.45. The molecule has 0 aliphatic carbocycles. The van der Waals surface area contributed by atoms with E-state index in [0.29, 0.717) is 25.1 Å². The summed E-state index contributed by atoms with van der Waals surface area (Å²) in [5.74, 6) is 0. The molecule has 1 nitrogen and oxygen atoms in total. The minimum Gasteiger partial charge on any atom is -0.243 e. The zero-order chi connectivity index (χ0) is 11.1. The highest BCUT2D eigenvalue weighted by Gasteiger charge is 2.34. The summed E-state index contributed by atoms with van der Waals surface area (Å²) in [6.07, 6.45) is -3.74. The molecule has 1 aliphatic heterocycles. The normalized spacial score (nSPS) is 17.6. The van der Waals surface area contributed by atoms with E-state index in [1.54, 1.807) is 6.07 Å². The number of halogens is 4. The molecule has 0 atom stereocenters. The first-order valence-corrected chi connectivity index (χ1v) is 5.53. The first-order chi connectivity index (χ1) is 6.98. The summed E-state index contributed by atoms with van der Waals surface area (Å²) in [7, 11) is 0. The lowest BCUT2D eigenvalue weighted by Crippen LogP contribution is -2.24. The van der Waals surface area contributed by atoms with Crippen molar-refractivity contribution in [2.75, 3.05) is 6.54 Å². The largest absolute Gasteiger partial charge is 0.416 e. The van der Waals surface area contributed by atoms with Crippen molar-refractivity contribution in [1.29, 1.82) is 0 Å². The van der Waals surface area contributed by atoms with Crippen LogP contribution in [0.1, 0.15) is 16.7 Å². The molecule has 0 saturated heterocycles. The molecule has 0 unspecified atom stereocenters. The molecule has 0 saturated carbocycles. The van der Waals surface area contributed by atoms with Crippen LogP contribution in [0, 0.1) is 0 Å². The maximum atomic E-state index is 12.7. The molecule has 2 rings (SSSR count). The minimum absolute atomic E-state index is 0.468. The van der Waals surface area contributed by atoms with Crippen LogP contribution in [0.5, 0.6) is 0 Å². The lowest BCUT2D eigenvalue weighted by Gasteiger charge is -2.25. The third-order valence-electron chi connectivity index (χ3n) is 2.52. The molecule has 0 bridgehead atoms. The van der Waals surface area contributed by atoms with Crippen molar-refractivity contribution < 1.29 is 13.2 Å². The van der Waals surface area contributed by atoms with E-state index >= 15 is 0 Å². The van der Waals surface area contributed by atoms with Crippen molar-refractivity contribution in [3.05, 3.63) is 34.9 Å². The second kappa shape index (κ2) is 3.93. The Bertz CT molecular complexity index is 375. The molecule has 1 aromatic rings. The van der Waals surface area contributed by atoms with Crippen molar-refractivity contribution in [3.8, 4) is 0 Å². The zero-order valence-corrected chi connectivity index (χ0v) is 9.97. The average Bonchev–Trinajstić information content (AvgIpc) is 2.15. The lowest BCUT2D eigenvalue weighted by molar-refractivity contribution is -0.138. The van der Waals surface area contributed by atoms with E-state index < -0.39 is 11.7 Å². The maximum Gasteiger partial charge on any atom is 0.416 e. The molecule has 1 aromatic carbocycles. The van der Waals surface area contributed by atoms with Gasteiger partial charge in [-0.2, -0.15) is 13.2 Å². The Morgan fingerprint density at radius 3 is 2.67 bits per heavy atom. The lowest BCUT2D eigenvalue weighted by atomic mass is 9.95. The minimum atomic E-state index is -4.22. The average molecular weight is 327 g/mol. The van der Waals surface area contributed by atoms with Crippen LogP contribution in [-0.4, -0.2) is 9.66 Å². The van der Waals surface area contributed by atoms with Crippen LogP contribution < -0.4 is 0 Å². The van der Waals surface area contributed by atoms with E-state index in [4.69, 9.17) is 0 Å². The van der Waals surface area contributed by atoms with Gasteiger partial charge in [0, 0.05) is 36.0 Å². The number of fused-ring (bicyclic) bond motifs is 1. The van der Waals surface area contributed by atoms with Crippen LogP contribution in [0.4, 0.5) is 13.2 Å². The van der Waals surface area contributed by atoms with E-state index in [1.165, 1.54) is 12.1 Å². The zero-order valence-electron chi connectivity index (χ0n) is 7.81. The Balaban J connectivity index is 2.47. The molecular formula is C10H9F3IN. The molecular weight excluding hydrogens is 318 g/mol. The standard InChI is InChI=1S/C10H9F3IN/c11-10(12,13)9-3-1-2-7-6-15(14)5-4-8(7)9/h1-3H,4-6H2. The van der Waals surface area contributed by atoms with Crippen LogP contribution in [0.15, 0.2) is 18.2 Å². The number of hydrogen-bond acceptors (Lipinski definition) is 1. The quantitative estimate of drug-likeness (QED) is 0.521. The molecule has 0 amide bonds. The maximum absolute atomic E-state index is 12.7. The molecule has 1 aliphatic rings. The SMILES string of the molecule is FC(F)(F)c1cccc2c1CCN(I)C2. The fourth-order valence-electron chi connectivity index (χ4n) is 1.84. The van der Waals surface area contributed by atoms with E-state index in [2.05, 4.69) is 22.9 Å². The van der Waals surface area contributed by atoms with Gasteiger partial charge in [-0.3, -0.25) is 0 Å². The summed E-state index contributed by atoms with van der Waals surface area (Å²) >= 11 is 2.14. The van der Waals surface area contributed by atoms with Gasteiger partial charge in [0.1, 0.15) is 0 Å². The molecule has 0 spiro atoms. The summed E-state index contributed by atoms with van der Waals surface area (Å²) in [5.41, 5.74) is 0.799. The van der Waals surface area contributed by atoms with Gasteiger partial charge in [-0.1, -0.05) is 12.1 Å². The van der Waals surface area contributed by atoms with Gasteiger partial charge in [0.2, 0.25) is 0 Å². The Hall–Kier alpha value is -0.300. The molecule has 0 radical (unpaired) electrons. The second-order valence-electron chi connectivity index (χ2n) is 3.54. The molecule has 82 valence electrons. The topological polar surface area (TPSA) is 3.24 Å². The van der Waals surface area contributed by atoms with Gasteiger partial charge >= 0.3 is 6.18 Å². The van der Waals surface area contributed by atoms with Crippen LogP contribution in [0.2, 0.25) is 0 Å². The Morgan fingerprint density at radius 1 is 1.27 bits per heavy atom. The molecule has 1 heterocycles. The van der Waals surface area contributed by atoms with Gasteiger partial charge in [0.05, 0.1) is 5.56 Å². The van der Waals surface area contributed by atoms with Gasteiger partial charge < -0.3 is 0 Å². The molecule has 15 heavy (non-hydrogen) atoms. The second-order valence-corrected chi connectivity index (χ2v) is 4.90. The van der Waals surface area contributed by atoms with Gasteiger partial charge in [-0.15, -0.1) is 0 Å². The summed E-state index contributed by atoms with van der Waals surface area (Å²) < 4.78 is 40.0. The highest BCUT2D eigenvalue weighted by molar-refractivity contribution is 14.1. The molecule has 5 heteroatoms. The monoisotopic (exact) mass is 327 g/mol. The summed E-state index contributed by atoms with van der Waals surface area (Å²) in [6, 6.07) is 4.43. The van der Waals surface area contributed by atoms with Crippen LogP contribution in [-0.2, 0) is 19.1 Å². The van der Waals surface area contributed by atoms with E-state index in [-0.39, 0.29) is 0 Å². The first-order valence-electron chi connectivity index (χ1n) is 4.57. The third-order valence-corrected chi connectivity index (χ3v) is 3.35. The smallest absolute Gasteiger partial charge is 0.243 e. The first kappa shape index (κ1) is 11.2. The Labute approximate surface area is 99.8 Å². The number of rotatable bonds is 0. The fraction of sp³-hybridized carbons (Fsp3) is 0.400. The number of benzene rings is 1. The molecule has 0 aromatic heterocycles.